The number of carboxylic acid groups (broad SMARTS) is 1. The third kappa shape index (κ3) is 4.07. The molecule has 1 amide bonds. The standard InChI is InChI=1S/C17H15BrClNO4/c1-9-7-13(15(18)10(2)16(9)19)24-8-14(21)20-12-6-4-3-5-11(12)17(22)23/h3-7H,8H2,1-2H3,(H,20,21)(H,22,23). The maximum Gasteiger partial charge on any atom is 0.337 e. The lowest BCUT2D eigenvalue weighted by molar-refractivity contribution is -0.118. The molecule has 0 aromatic heterocycles. The van der Waals surface area contributed by atoms with Crippen LogP contribution in [0.4, 0.5) is 5.69 Å². The number of carbonyl (C=O) groups is 2. The highest BCUT2D eigenvalue weighted by Gasteiger charge is 2.14. The van der Waals surface area contributed by atoms with E-state index in [1.165, 1.54) is 12.1 Å². The Kier molecular flexibility index (Phi) is 5.85. The number of amides is 1. The molecule has 2 N–H and O–H groups in total. The maximum atomic E-state index is 12.0. The van der Waals surface area contributed by atoms with Crippen molar-refractivity contribution >= 4 is 45.1 Å². The van der Waals surface area contributed by atoms with Gasteiger partial charge in [0.2, 0.25) is 0 Å². The fourth-order valence-electron chi connectivity index (χ4n) is 2.11. The lowest BCUT2D eigenvalue weighted by Gasteiger charge is -2.13. The summed E-state index contributed by atoms with van der Waals surface area (Å²) < 4.78 is 6.20. The van der Waals surface area contributed by atoms with Gasteiger partial charge in [0, 0.05) is 5.02 Å². The Hall–Kier alpha value is -2.05. The van der Waals surface area contributed by atoms with Gasteiger partial charge >= 0.3 is 5.97 Å². The zero-order valence-corrected chi connectivity index (χ0v) is 15.4. The first kappa shape index (κ1) is 18.3. The summed E-state index contributed by atoms with van der Waals surface area (Å²) >= 11 is 9.55. The first-order chi connectivity index (χ1) is 11.3. The van der Waals surface area contributed by atoms with Gasteiger partial charge in [0.25, 0.3) is 5.91 Å². The Morgan fingerprint density at radius 2 is 1.96 bits per heavy atom. The number of benzene rings is 2. The van der Waals surface area contributed by atoms with Crippen LogP contribution in [-0.4, -0.2) is 23.6 Å². The first-order valence-corrected chi connectivity index (χ1v) is 8.18. The van der Waals surface area contributed by atoms with E-state index in [1.807, 2.05) is 13.8 Å². The molecule has 0 radical (unpaired) electrons. The minimum Gasteiger partial charge on any atom is -0.483 e. The highest BCUT2D eigenvalue weighted by atomic mass is 79.9. The van der Waals surface area contributed by atoms with Crippen molar-refractivity contribution in [1.82, 2.24) is 0 Å². The van der Waals surface area contributed by atoms with Crippen LogP contribution < -0.4 is 10.1 Å². The normalized spacial score (nSPS) is 10.3. The SMILES string of the molecule is Cc1cc(OCC(=O)Nc2ccccc2C(=O)O)c(Br)c(C)c1Cl. The van der Waals surface area contributed by atoms with Gasteiger partial charge in [0.15, 0.2) is 6.61 Å². The topological polar surface area (TPSA) is 75.6 Å². The number of aromatic carboxylic acids is 1. The number of carboxylic acids is 1. The van der Waals surface area contributed by atoms with Crippen LogP contribution in [0.2, 0.25) is 5.02 Å². The van der Waals surface area contributed by atoms with Gasteiger partial charge in [-0.15, -0.1) is 0 Å². The van der Waals surface area contributed by atoms with Crippen molar-refractivity contribution in [3.8, 4) is 5.75 Å². The molecule has 0 atom stereocenters. The van der Waals surface area contributed by atoms with Crippen LogP contribution in [0, 0.1) is 13.8 Å². The third-order valence-corrected chi connectivity index (χ3v) is 4.93. The molecule has 2 aromatic rings. The van der Waals surface area contributed by atoms with Crippen molar-refractivity contribution in [2.24, 2.45) is 0 Å². The molecular weight excluding hydrogens is 398 g/mol. The molecule has 0 aliphatic heterocycles. The molecule has 0 saturated carbocycles. The molecule has 0 fully saturated rings. The molecule has 2 rings (SSSR count). The predicted molar refractivity (Wildman–Crippen MR) is 96.2 cm³/mol. The number of carbonyl (C=O) groups excluding carboxylic acids is 1. The van der Waals surface area contributed by atoms with E-state index in [-0.39, 0.29) is 17.9 Å². The van der Waals surface area contributed by atoms with E-state index < -0.39 is 11.9 Å². The summed E-state index contributed by atoms with van der Waals surface area (Å²) in [5.41, 5.74) is 1.90. The number of halogens is 2. The average Bonchev–Trinajstić information content (AvgIpc) is 2.55. The quantitative estimate of drug-likeness (QED) is 0.761. The van der Waals surface area contributed by atoms with Gasteiger partial charge in [-0.3, -0.25) is 4.79 Å². The van der Waals surface area contributed by atoms with Crippen LogP contribution in [0.15, 0.2) is 34.8 Å². The second-order valence-electron chi connectivity index (χ2n) is 5.13. The van der Waals surface area contributed by atoms with Gasteiger partial charge < -0.3 is 15.2 Å². The van der Waals surface area contributed by atoms with Crippen LogP contribution in [0.25, 0.3) is 0 Å². The van der Waals surface area contributed by atoms with Crippen molar-refractivity contribution in [2.75, 3.05) is 11.9 Å². The highest BCUT2D eigenvalue weighted by molar-refractivity contribution is 9.10. The smallest absolute Gasteiger partial charge is 0.337 e. The average molecular weight is 413 g/mol. The molecule has 7 heteroatoms. The number of nitrogens with one attached hydrogen (secondary N) is 1. The Morgan fingerprint density at radius 3 is 2.62 bits per heavy atom. The van der Waals surface area contributed by atoms with Crippen molar-refractivity contribution in [1.29, 1.82) is 0 Å². The molecule has 5 nitrogen and oxygen atoms in total. The van der Waals surface area contributed by atoms with Crippen molar-refractivity contribution in [3.05, 3.63) is 56.5 Å². The summed E-state index contributed by atoms with van der Waals surface area (Å²) in [6, 6.07) is 7.91. The van der Waals surface area contributed by atoms with Gasteiger partial charge in [-0.05, 0) is 59.1 Å². The van der Waals surface area contributed by atoms with Crippen molar-refractivity contribution in [3.63, 3.8) is 0 Å². The molecule has 0 heterocycles. The zero-order valence-electron chi connectivity index (χ0n) is 13.0. The van der Waals surface area contributed by atoms with E-state index in [1.54, 1.807) is 18.2 Å². The fraction of sp³-hybridized carbons (Fsp3) is 0.176. The molecule has 2 aromatic carbocycles. The minimum absolute atomic E-state index is 0.0187. The van der Waals surface area contributed by atoms with Gasteiger partial charge in [-0.25, -0.2) is 4.79 Å². The molecule has 0 spiro atoms. The van der Waals surface area contributed by atoms with E-state index >= 15 is 0 Å². The van der Waals surface area contributed by atoms with Gasteiger partial charge in [-0.2, -0.15) is 0 Å². The molecule has 0 unspecified atom stereocenters. The second kappa shape index (κ2) is 7.68. The zero-order chi connectivity index (χ0) is 17.9. The summed E-state index contributed by atoms with van der Waals surface area (Å²) in [5.74, 6) is -1.07. The fourth-order valence-corrected chi connectivity index (χ4v) is 2.80. The van der Waals surface area contributed by atoms with Crippen LogP contribution in [-0.2, 0) is 4.79 Å². The molecule has 0 aliphatic rings. The molecule has 126 valence electrons. The maximum absolute atomic E-state index is 12.0. The van der Waals surface area contributed by atoms with Crippen LogP contribution >= 0.6 is 27.5 Å². The molecule has 0 aliphatic carbocycles. The van der Waals surface area contributed by atoms with E-state index in [2.05, 4.69) is 21.2 Å². The summed E-state index contributed by atoms with van der Waals surface area (Å²) in [6.45, 7) is 3.43. The van der Waals surface area contributed by atoms with Crippen LogP contribution in [0.3, 0.4) is 0 Å². The molecule has 0 bridgehead atoms. The summed E-state index contributed by atoms with van der Waals surface area (Å²) in [5, 5.41) is 12.3. The van der Waals surface area contributed by atoms with Gasteiger partial charge in [0.1, 0.15) is 5.75 Å². The lowest BCUT2D eigenvalue weighted by atomic mass is 10.1. The number of anilines is 1. The number of para-hydroxylation sites is 1. The highest BCUT2D eigenvalue weighted by Crippen LogP contribution is 2.35. The first-order valence-electron chi connectivity index (χ1n) is 7.01. The summed E-state index contributed by atoms with van der Waals surface area (Å²) in [7, 11) is 0. The Morgan fingerprint density at radius 1 is 1.29 bits per heavy atom. The molecule has 24 heavy (non-hydrogen) atoms. The summed E-state index contributed by atoms with van der Waals surface area (Å²) in [4.78, 5) is 23.2. The molecular formula is C17H15BrClNO4. The van der Waals surface area contributed by atoms with Crippen LogP contribution in [0.5, 0.6) is 5.75 Å². The third-order valence-electron chi connectivity index (χ3n) is 3.36. The van der Waals surface area contributed by atoms with E-state index in [4.69, 9.17) is 21.4 Å². The Labute approximate surface area is 152 Å². The Balaban J connectivity index is 2.09. The molecule has 0 saturated heterocycles. The number of aryl methyl sites for hydroxylation is 1. The van der Waals surface area contributed by atoms with Crippen molar-refractivity contribution < 1.29 is 19.4 Å². The Bertz CT molecular complexity index is 807. The van der Waals surface area contributed by atoms with E-state index in [0.29, 0.717) is 15.2 Å². The minimum atomic E-state index is -1.11. The largest absolute Gasteiger partial charge is 0.483 e. The van der Waals surface area contributed by atoms with Gasteiger partial charge in [0.05, 0.1) is 15.7 Å². The summed E-state index contributed by atoms with van der Waals surface area (Å²) in [6.07, 6.45) is 0. The van der Waals surface area contributed by atoms with E-state index in [9.17, 15) is 9.59 Å². The monoisotopic (exact) mass is 411 g/mol. The van der Waals surface area contributed by atoms with Crippen molar-refractivity contribution in [2.45, 2.75) is 13.8 Å². The van der Waals surface area contributed by atoms with Crippen LogP contribution in [0.1, 0.15) is 21.5 Å². The number of rotatable bonds is 5. The van der Waals surface area contributed by atoms with Gasteiger partial charge in [-0.1, -0.05) is 23.7 Å². The number of hydrogen-bond acceptors (Lipinski definition) is 3. The predicted octanol–water partition coefficient (Wildman–Crippen LogP) is 4.44. The number of ether oxygens (including phenoxy) is 1. The van der Waals surface area contributed by atoms with E-state index in [0.717, 1.165) is 11.1 Å². The number of hydrogen-bond donors (Lipinski definition) is 2. The lowest BCUT2D eigenvalue weighted by Crippen LogP contribution is -2.21. The second-order valence-corrected chi connectivity index (χ2v) is 6.30.